The topological polar surface area (TPSA) is 58.4 Å². The van der Waals surface area contributed by atoms with Crippen molar-refractivity contribution in [2.45, 2.75) is 51.9 Å². The predicted molar refractivity (Wildman–Crippen MR) is 82.4 cm³/mol. The van der Waals surface area contributed by atoms with Gasteiger partial charge in [-0.15, -0.1) is 0 Å². The van der Waals surface area contributed by atoms with Gasteiger partial charge in [0.05, 0.1) is 6.54 Å². The molecule has 0 bridgehead atoms. The molecule has 116 valence electrons. The summed E-state index contributed by atoms with van der Waals surface area (Å²) in [5, 5.41) is 3.09. The number of hydrogen-bond donors (Lipinski definition) is 2. The fourth-order valence-corrected chi connectivity index (χ4v) is 3.58. The first-order valence-corrected chi connectivity index (χ1v) is 8.30. The van der Waals surface area contributed by atoms with Gasteiger partial charge in [-0.1, -0.05) is 39.0 Å². The number of likely N-dealkylation sites (tertiary alicyclic amines) is 1. The summed E-state index contributed by atoms with van der Waals surface area (Å²) in [6.45, 7) is 6.29. The highest BCUT2D eigenvalue weighted by Crippen LogP contribution is 2.28. The number of rotatable bonds is 6. The van der Waals surface area contributed by atoms with Gasteiger partial charge >= 0.3 is 0 Å². The SMILES string of the molecule is CC1(CN)CCN(CC(=O)NCCC2CCCCC2)C1. The summed E-state index contributed by atoms with van der Waals surface area (Å²) in [5.41, 5.74) is 6.01. The molecule has 2 aliphatic rings. The molecular formula is C16H31N3O. The summed E-state index contributed by atoms with van der Waals surface area (Å²) in [6.07, 6.45) is 9.14. The van der Waals surface area contributed by atoms with Gasteiger partial charge in [0.25, 0.3) is 0 Å². The Kier molecular flexibility index (Phi) is 5.85. The average molecular weight is 281 g/mol. The lowest BCUT2D eigenvalue weighted by Crippen LogP contribution is -2.38. The Hall–Kier alpha value is -0.610. The summed E-state index contributed by atoms with van der Waals surface area (Å²) in [4.78, 5) is 14.2. The molecule has 1 unspecified atom stereocenters. The maximum atomic E-state index is 12.0. The first-order chi connectivity index (χ1) is 9.61. The Morgan fingerprint density at radius 1 is 1.35 bits per heavy atom. The van der Waals surface area contributed by atoms with Crippen molar-refractivity contribution in [1.29, 1.82) is 0 Å². The molecule has 0 spiro atoms. The summed E-state index contributed by atoms with van der Waals surface area (Å²) >= 11 is 0. The zero-order chi connectivity index (χ0) is 14.4. The molecule has 4 nitrogen and oxygen atoms in total. The fraction of sp³-hybridized carbons (Fsp3) is 0.938. The van der Waals surface area contributed by atoms with Crippen LogP contribution in [0.5, 0.6) is 0 Å². The van der Waals surface area contributed by atoms with Crippen molar-refractivity contribution in [3.8, 4) is 0 Å². The number of nitrogens with two attached hydrogens (primary N) is 1. The zero-order valence-electron chi connectivity index (χ0n) is 13.0. The lowest BCUT2D eigenvalue weighted by molar-refractivity contribution is -0.122. The molecule has 2 fully saturated rings. The standard InChI is InChI=1S/C16H31N3O/c1-16(12-17)8-10-19(13-16)11-15(20)18-9-7-14-5-3-2-4-6-14/h14H,2-13,17H2,1H3,(H,18,20). The Bertz CT molecular complexity index is 315. The van der Waals surface area contributed by atoms with Crippen molar-refractivity contribution in [2.75, 3.05) is 32.7 Å². The number of nitrogens with zero attached hydrogens (tertiary/aromatic N) is 1. The van der Waals surface area contributed by atoms with Crippen LogP contribution >= 0.6 is 0 Å². The van der Waals surface area contributed by atoms with Gasteiger partial charge in [0, 0.05) is 13.1 Å². The molecule has 1 amide bonds. The second-order valence-electron chi connectivity index (χ2n) is 7.12. The molecule has 2 rings (SSSR count). The van der Waals surface area contributed by atoms with Crippen LogP contribution in [0.1, 0.15) is 51.9 Å². The third-order valence-electron chi connectivity index (χ3n) is 5.10. The quantitative estimate of drug-likeness (QED) is 0.780. The average Bonchev–Trinajstić information content (AvgIpc) is 2.82. The third kappa shape index (κ3) is 4.74. The zero-order valence-corrected chi connectivity index (χ0v) is 13.0. The highest BCUT2D eigenvalue weighted by Gasteiger charge is 2.32. The van der Waals surface area contributed by atoms with E-state index in [1.165, 1.54) is 32.1 Å². The Morgan fingerprint density at radius 3 is 2.75 bits per heavy atom. The molecular weight excluding hydrogens is 250 g/mol. The summed E-state index contributed by atoms with van der Waals surface area (Å²) < 4.78 is 0. The van der Waals surface area contributed by atoms with E-state index >= 15 is 0 Å². The van der Waals surface area contributed by atoms with Crippen LogP contribution in [-0.2, 0) is 4.79 Å². The van der Waals surface area contributed by atoms with Gasteiger partial charge in [0.15, 0.2) is 0 Å². The molecule has 0 aromatic rings. The maximum Gasteiger partial charge on any atom is 0.234 e. The monoisotopic (exact) mass is 281 g/mol. The second-order valence-corrected chi connectivity index (χ2v) is 7.12. The highest BCUT2D eigenvalue weighted by molar-refractivity contribution is 5.78. The molecule has 1 heterocycles. The smallest absolute Gasteiger partial charge is 0.234 e. The maximum absolute atomic E-state index is 12.0. The summed E-state index contributed by atoms with van der Waals surface area (Å²) in [7, 11) is 0. The van der Waals surface area contributed by atoms with Crippen LogP contribution in [0.3, 0.4) is 0 Å². The van der Waals surface area contributed by atoms with Crippen LogP contribution in [0.25, 0.3) is 0 Å². The van der Waals surface area contributed by atoms with Gasteiger partial charge in [0.2, 0.25) is 5.91 Å². The van der Waals surface area contributed by atoms with Crippen LogP contribution in [0.2, 0.25) is 0 Å². The van der Waals surface area contributed by atoms with E-state index in [0.717, 1.165) is 38.4 Å². The number of carbonyl (C=O) groups excluding carboxylic acids is 1. The minimum Gasteiger partial charge on any atom is -0.355 e. The molecule has 1 saturated carbocycles. The van der Waals surface area contributed by atoms with E-state index < -0.39 is 0 Å². The molecule has 1 atom stereocenters. The first-order valence-electron chi connectivity index (χ1n) is 8.30. The van der Waals surface area contributed by atoms with E-state index in [-0.39, 0.29) is 11.3 Å². The van der Waals surface area contributed by atoms with E-state index in [9.17, 15) is 4.79 Å². The number of carbonyl (C=O) groups is 1. The van der Waals surface area contributed by atoms with Crippen LogP contribution in [-0.4, -0.2) is 43.5 Å². The van der Waals surface area contributed by atoms with Gasteiger partial charge in [-0.3, -0.25) is 9.69 Å². The molecule has 1 aliphatic carbocycles. The first kappa shape index (κ1) is 15.8. The second kappa shape index (κ2) is 7.41. The minimum absolute atomic E-state index is 0.182. The van der Waals surface area contributed by atoms with Gasteiger partial charge in [-0.2, -0.15) is 0 Å². The van der Waals surface area contributed by atoms with Crippen molar-refractivity contribution in [1.82, 2.24) is 10.2 Å². The lowest BCUT2D eigenvalue weighted by atomic mass is 9.87. The molecule has 1 aliphatic heterocycles. The Morgan fingerprint density at radius 2 is 2.10 bits per heavy atom. The molecule has 3 N–H and O–H groups in total. The van der Waals surface area contributed by atoms with Crippen LogP contribution in [0, 0.1) is 11.3 Å². The Balaban J connectivity index is 1.58. The molecule has 1 saturated heterocycles. The Labute approximate surface area is 123 Å². The molecule has 0 radical (unpaired) electrons. The van der Waals surface area contributed by atoms with E-state index in [4.69, 9.17) is 5.73 Å². The van der Waals surface area contributed by atoms with Crippen molar-refractivity contribution < 1.29 is 4.79 Å². The van der Waals surface area contributed by atoms with E-state index in [1.54, 1.807) is 0 Å². The fourth-order valence-electron chi connectivity index (χ4n) is 3.58. The van der Waals surface area contributed by atoms with Crippen LogP contribution in [0.4, 0.5) is 0 Å². The molecule has 0 aromatic heterocycles. The normalized spacial score (nSPS) is 28.7. The third-order valence-corrected chi connectivity index (χ3v) is 5.10. The highest BCUT2D eigenvalue weighted by atomic mass is 16.2. The largest absolute Gasteiger partial charge is 0.355 e. The lowest BCUT2D eigenvalue weighted by Gasteiger charge is -2.23. The van der Waals surface area contributed by atoms with E-state index in [1.807, 2.05) is 0 Å². The van der Waals surface area contributed by atoms with Gasteiger partial charge in [0.1, 0.15) is 0 Å². The number of amides is 1. The number of hydrogen-bond acceptors (Lipinski definition) is 3. The number of nitrogens with one attached hydrogen (secondary N) is 1. The van der Waals surface area contributed by atoms with Crippen molar-refractivity contribution >= 4 is 5.91 Å². The van der Waals surface area contributed by atoms with Gasteiger partial charge in [-0.25, -0.2) is 0 Å². The minimum atomic E-state index is 0.182. The van der Waals surface area contributed by atoms with Gasteiger partial charge in [-0.05, 0) is 37.3 Å². The van der Waals surface area contributed by atoms with Gasteiger partial charge < -0.3 is 11.1 Å². The summed E-state index contributed by atoms with van der Waals surface area (Å²) in [5.74, 6) is 1.03. The van der Waals surface area contributed by atoms with Crippen molar-refractivity contribution in [3.63, 3.8) is 0 Å². The molecule has 4 heteroatoms. The predicted octanol–water partition coefficient (Wildman–Crippen LogP) is 1.74. The van der Waals surface area contributed by atoms with E-state index in [0.29, 0.717) is 13.1 Å². The van der Waals surface area contributed by atoms with Crippen LogP contribution < -0.4 is 11.1 Å². The van der Waals surface area contributed by atoms with Crippen molar-refractivity contribution in [3.05, 3.63) is 0 Å². The molecule has 0 aromatic carbocycles. The van der Waals surface area contributed by atoms with E-state index in [2.05, 4.69) is 17.1 Å². The van der Waals surface area contributed by atoms with Crippen LogP contribution in [0.15, 0.2) is 0 Å². The summed E-state index contributed by atoms with van der Waals surface area (Å²) in [6, 6.07) is 0. The molecule has 20 heavy (non-hydrogen) atoms. The van der Waals surface area contributed by atoms with Crippen molar-refractivity contribution in [2.24, 2.45) is 17.1 Å².